The summed E-state index contributed by atoms with van der Waals surface area (Å²) in [6.07, 6.45) is 0. The molecule has 11 nitrogen and oxygen atoms in total. The topological polar surface area (TPSA) is 154 Å². The van der Waals surface area contributed by atoms with Gasteiger partial charge in [-0.1, -0.05) is 41.5 Å². The van der Waals surface area contributed by atoms with Crippen LogP contribution in [0.15, 0.2) is 66.7 Å². The number of aliphatic carboxylic acids is 1. The lowest BCUT2D eigenvalue weighted by Crippen LogP contribution is -2.35. The molecule has 0 fully saturated rings. The van der Waals surface area contributed by atoms with Crippen LogP contribution in [-0.2, 0) is 43.4 Å². The zero-order valence-corrected chi connectivity index (χ0v) is 23.8. The average Bonchev–Trinajstić information content (AvgIpc) is 2.87. The number of carboxylic acids is 1. The van der Waals surface area contributed by atoms with Crippen molar-refractivity contribution in [3.63, 3.8) is 0 Å². The van der Waals surface area contributed by atoms with Crippen LogP contribution in [0.5, 0.6) is 0 Å². The Kier molecular flexibility index (Phi) is 10.9. The maximum atomic E-state index is 12.6. The van der Waals surface area contributed by atoms with Gasteiger partial charge in [0.25, 0.3) is 0 Å². The molecule has 0 bridgehead atoms. The zero-order valence-electron chi connectivity index (χ0n) is 22.1. The molecule has 0 aliphatic heterocycles. The van der Waals surface area contributed by atoms with E-state index in [0.29, 0.717) is 5.56 Å². The fourth-order valence-corrected chi connectivity index (χ4v) is 5.19. The Labute approximate surface area is 237 Å². The summed E-state index contributed by atoms with van der Waals surface area (Å²) in [6.45, 7) is 4.59. The molecule has 0 amide bonds. The van der Waals surface area contributed by atoms with Gasteiger partial charge >= 0.3 is 11.9 Å². The first-order valence-corrected chi connectivity index (χ1v) is 14.2. The highest BCUT2D eigenvalue weighted by molar-refractivity contribution is 7.81. The van der Waals surface area contributed by atoms with Crippen molar-refractivity contribution >= 4 is 57.2 Å². The molecule has 0 heterocycles. The highest BCUT2D eigenvalue weighted by atomic mass is 32.2. The van der Waals surface area contributed by atoms with Gasteiger partial charge in [0.1, 0.15) is 0 Å². The third kappa shape index (κ3) is 8.19. The fraction of sp³-hybridized carbons (Fsp3) is 0.259. The Bertz CT molecular complexity index is 1380. The van der Waals surface area contributed by atoms with E-state index < -0.39 is 41.0 Å². The van der Waals surface area contributed by atoms with Crippen LogP contribution in [-0.4, -0.2) is 59.2 Å². The van der Waals surface area contributed by atoms with E-state index >= 15 is 0 Å². The lowest BCUT2D eigenvalue weighted by atomic mass is 10.1. The molecule has 0 aliphatic rings. The van der Waals surface area contributed by atoms with Crippen LogP contribution >= 0.6 is 0 Å². The fourth-order valence-electron chi connectivity index (χ4n) is 3.98. The predicted octanol–water partition coefficient (Wildman–Crippen LogP) is 3.62. The number of anilines is 4. The number of rotatable bonds is 13. The van der Waals surface area contributed by atoms with Crippen LogP contribution in [0.4, 0.5) is 22.7 Å². The van der Waals surface area contributed by atoms with Crippen LogP contribution in [0.1, 0.15) is 23.6 Å². The Morgan fingerprint density at radius 3 is 1.75 bits per heavy atom. The van der Waals surface area contributed by atoms with Crippen molar-refractivity contribution in [2.45, 2.75) is 27.3 Å². The first kappa shape index (κ1) is 30.9. The first-order chi connectivity index (χ1) is 19.0. The quantitative estimate of drug-likeness (QED) is 0.233. The molecular formula is C27H29N3O8S2-2. The Morgan fingerprint density at radius 2 is 1.30 bits per heavy atom. The van der Waals surface area contributed by atoms with E-state index in [-0.39, 0.29) is 42.4 Å². The SMILES string of the molecule is CCOC(=O)CN(CC(=O)O)Cc1ccc(N(c2ccc(C)cc2)S(=O)[O-])c(N(c2ccc(C)cc2)S(=O)[O-])c1. The molecule has 1 N–H and O–H groups in total. The minimum absolute atomic E-state index is 0.00544. The van der Waals surface area contributed by atoms with Gasteiger partial charge in [0.15, 0.2) is 0 Å². The second kappa shape index (κ2) is 14.1. The van der Waals surface area contributed by atoms with E-state index in [0.717, 1.165) is 19.7 Å². The number of esters is 1. The number of ether oxygens (including phenoxy) is 1. The molecule has 3 rings (SSSR count). The van der Waals surface area contributed by atoms with Crippen molar-refractivity contribution in [1.29, 1.82) is 0 Å². The number of benzene rings is 3. The van der Waals surface area contributed by atoms with Crippen molar-refractivity contribution in [3.05, 3.63) is 83.4 Å². The lowest BCUT2D eigenvalue weighted by Gasteiger charge is -2.34. The molecule has 0 radical (unpaired) electrons. The van der Waals surface area contributed by atoms with Crippen molar-refractivity contribution in [1.82, 2.24) is 4.90 Å². The van der Waals surface area contributed by atoms with E-state index in [2.05, 4.69) is 0 Å². The third-order valence-corrected chi connectivity index (χ3v) is 7.15. The van der Waals surface area contributed by atoms with Crippen LogP contribution in [0.3, 0.4) is 0 Å². The maximum Gasteiger partial charge on any atom is 0.320 e. The van der Waals surface area contributed by atoms with Gasteiger partial charge in [-0.05, 0) is 62.7 Å². The zero-order chi connectivity index (χ0) is 29.4. The number of nitrogens with zero attached hydrogens (tertiary/aromatic N) is 3. The van der Waals surface area contributed by atoms with E-state index in [1.807, 2.05) is 13.8 Å². The molecule has 3 aromatic rings. The van der Waals surface area contributed by atoms with Gasteiger partial charge in [0.2, 0.25) is 0 Å². The molecule has 40 heavy (non-hydrogen) atoms. The Balaban J connectivity index is 2.18. The summed E-state index contributed by atoms with van der Waals surface area (Å²) in [4.78, 5) is 24.9. The van der Waals surface area contributed by atoms with E-state index in [4.69, 9.17) is 4.74 Å². The van der Waals surface area contributed by atoms with E-state index in [1.165, 1.54) is 17.0 Å². The molecule has 214 valence electrons. The van der Waals surface area contributed by atoms with Crippen molar-refractivity contribution in [3.8, 4) is 0 Å². The van der Waals surface area contributed by atoms with Gasteiger partial charge in [-0.2, -0.15) is 0 Å². The maximum absolute atomic E-state index is 12.6. The number of hydrogen-bond acceptors (Lipinski definition) is 8. The van der Waals surface area contributed by atoms with Gasteiger partial charge < -0.3 is 18.9 Å². The second-order valence-electron chi connectivity index (χ2n) is 8.86. The van der Waals surface area contributed by atoms with Crippen molar-refractivity contribution in [2.24, 2.45) is 0 Å². The molecule has 13 heteroatoms. The van der Waals surface area contributed by atoms with E-state index in [9.17, 15) is 32.2 Å². The molecule has 0 aliphatic carbocycles. The second-order valence-corrected chi connectivity index (χ2v) is 10.5. The predicted molar refractivity (Wildman–Crippen MR) is 150 cm³/mol. The summed E-state index contributed by atoms with van der Waals surface area (Å²) in [5, 5.41) is 9.36. The van der Waals surface area contributed by atoms with Crippen LogP contribution < -0.4 is 8.61 Å². The summed E-state index contributed by atoms with van der Waals surface area (Å²) >= 11 is -5.72. The molecule has 2 atom stereocenters. The molecule has 0 spiro atoms. The van der Waals surface area contributed by atoms with E-state index in [1.54, 1.807) is 61.5 Å². The molecule has 3 aromatic carbocycles. The van der Waals surface area contributed by atoms with Crippen molar-refractivity contribution < 1.29 is 37.0 Å². The highest BCUT2D eigenvalue weighted by Crippen LogP contribution is 2.40. The van der Waals surface area contributed by atoms with Gasteiger partial charge in [-0.25, -0.2) is 0 Å². The molecule has 0 aromatic heterocycles. The number of carbonyl (C=O) groups is 2. The summed E-state index contributed by atoms with van der Waals surface area (Å²) in [5.41, 5.74) is 2.81. The molecular weight excluding hydrogens is 558 g/mol. The minimum atomic E-state index is -2.88. The van der Waals surface area contributed by atoms with Crippen LogP contribution in [0, 0.1) is 13.8 Å². The Morgan fingerprint density at radius 1 is 0.800 bits per heavy atom. The number of carbonyl (C=O) groups excluding carboxylic acids is 1. The molecule has 2 unspecified atom stereocenters. The van der Waals surface area contributed by atoms with Gasteiger partial charge in [0.05, 0.1) is 65.0 Å². The standard InChI is InChI=1S/C27H31N3O8S2/c1-4-38-27(33)18-28(17-26(31)32)16-21-9-14-24(29(39(34)35)22-10-5-19(2)6-11-22)25(15-21)30(40(36)37)23-12-7-20(3)8-13-23/h5-15H,4,16-18H2,1-3H3,(H,31,32)(H,34,35)(H,36,37)/p-2. The molecule has 0 saturated heterocycles. The smallest absolute Gasteiger partial charge is 0.320 e. The van der Waals surface area contributed by atoms with Gasteiger partial charge in [-0.3, -0.25) is 31.5 Å². The minimum Gasteiger partial charge on any atom is -0.755 e. The largest absolute Gasteiger partial charge is 0.755 e. The molecule has 0 saturated carbocycles. The van der Waals surface area contributed by atoms with Crippen LogP contribution in [0.2, 0.25) is 0 Å². The summed E-state index contributed by atoms with van der Waals surface area (Å²) < 4.78 is 57.1. The summed E-state index contributed by atoms with van der Waals surface area (Å²) in [7, 11) is 0. The third-order valence-electron chi connectivity index (χ3n) is 5.74. The monoisotopic (exact) mass is 587 g/mol. The number of hydrogen-bond donors (Lipinski definition) is 1. The first-order valence-electron chi connectivity index (χ1n) is 12.1. The highest BCUT2D eigenvalue weighted by Gasteiger charge is 2.23. The number of carboxylic acid groups (broad SMARTS) is 1. The average molecular weight is 588 g/mol. The van der Waals surface area contributed by atoms with Crippen molar-refractivity contribution in [2.75, 3.05) is 28.3 Å². The number of aryl methyl sites for hydroxylation is 2. The van der Waals surface area contributed by atoms with Gasteiger partial charge in [-0.15, -0.1) is 0 Å². The van der Waals surface area contributed by atoms with Gasteiger partial charge in [0, 0.05) is 6.54 Å². The van der Waals surface area contributed by atoms with Crippen LogP contribution in [0.25, 0.3) is 0 Å². The lowest BCUT2D eigenvalue weighted by molar-refractivity contribution is -0.146. The summed E-state index contributed by atoms with van der Waals surface area (Å²) in [5.74, 6) is -1.79. The Hall–Kier alpha value is -3.62. The normalized spacial score (nSPS) is 12.6. The summed E-state index contributed by atoms with van der Waals surface area (Å²) in [6, 6.07) is 17.7.